The Morgan fingerprint density at radius 1 is 0.963 bits per heavy atom. The first-order valence-electron chi connectivity index (χ1n) is 8.78. The molecule has 0 aliphatic carbocycles. The average Bonchev–Trinajstić information content (AvgIpc) is 2.62. The van der Waals surface area contributed by atoms with Gasteiger partial charge in [-0.05, 0) is 55.2 Å². The zero-order valence-corrected chi connectivity index (χ0v) is 15.6. The summed E-state index contributed by atoms with van der Waals surface area (Å²) in [5.74, 6) is -1.95. The molecule has 2 aromatic carbocycles. The van der Waals surface area contributed by atoms with Gasteiger partial charge in [0.1, 0.15) is 5.75 Å². The van der Waals surface area contributed by atoms with Gasteiger partial charge in [-0.1, -0.05) is 38.0 Å². The number of rotatable bonds is 7. The lowest BCUT2D eigenvalue weighted by Gasteiger charge is -2.09. The van der Waals surface area contributed by atoms with Crippen molar-refractivity contribution in [3.05, 3.63) is 64.7 Å². The lowest BCUT2D eigenvalue weighted by Crippen LogP contribution is -2.09. The Hall–Kier alpha value is -2.86. The van der Waals surface area contributed by atoms with Crippen LogP contribution in [0.5, 0.6) is 5.75 Å². The molecule has 0 saturated carbocycles. The van der Waals surface area contributed by atoms with Crippen LogP contribution in [0.4, 0.5) is 0 Å². The average molecular weight is 374 g/mol. The van der Waals surface area contributed by atoms with Crippen LogP contribution >= 0.6 is 0 Å². The van der Waals surface area contributed by atoms with E-state index in [1.807, 2.05) is 12.1 Å². The predicted molar refractivity (Wildman–Crippen MR) is 102 cm³/mol. The number of aromatic carboxylic acids is 2. The number of aliphatic hydroxyl groups is 1. The maximum absolute atomic E-state index is 10.6. The molecule has 0 spiro atoms. The van der Waals surface area contributed by atoms with Gasteiger partial charge in [0, 0.05) is 0 Å². The molecular weight excluding hydrogens is 348 g/mol. The van der Waals surface area contributed by atoms with Crippen LogP contribution in [0.2, 0.25) is 0 Å². The molecule has 0 amide bonds. The third kappa shape index (κ3) is 7.50. The number of hydrogen-bond acceptors (Lipinski definition) is 4. The highest BCUT2D eigenvalue weighted by molar-refractivity contribution is 5.96. The van der Waals surface area contributed by atoms with E-state index in [-0.39, 0.29) is 28.5 Å². The van der Waals surface area contributed by atoms with Gasteiger partial charge in [0.15, 0.2) is 0 Å². The molecule has 0 heterocycles. The number of benzene rings is 2. The van der Waals surface area contributed by atoms with E-state index in [9.17, 15) is 14.7 Å². The molecule has 6 heteroatoms. The lowest BCUT2D eigenvalue weighted by molar-refractivity contribution is 0.0696. The molecule has 4 N–H and O–H groups in total. The minimum atomic E-state index is -1.11. The van der Waals surface area contributed by atoms with E-state index in [4.69, 9.17) is 15.3 Å². The maximum atomic E-state index is 10.6. The fourth-order valence-electron chi connectivity index (χ4n) is 2.54. The molecule has 1 atom stereocenters. The second-order valence-corrected chi connectivity index (χ2v) is 6.26. The highest BCUT2D eigenvalue weighted by atomic mass is 16.4. The van der Waals surface area contributed by atoms with Crippen LogP contribution < -0.4 is 0 Å². The van der Waals surface area contributed by atoms with Crippen molar-refractivity contribution >= 4 is 11.9 Å². The number of carboxylic acids is 2. The summed E-state index contributed by atoms with van der Waals surface area (Å²) in [6, 6.07) is 11.2. The first-order chi connectivity index (χ1) is 12.8. The van der Waals surface area contributed by atoms with Gasteiger partial charge in [0.25, 0.3) is 0 Å². The van der Waals surface area contributed by atoms with Crippen molar-refractivity contribution in [1.82, 2.24) is 0 Å². The van der Waals surface area contributed by atoms with E-state index in [1.54, 1.807) is 12.1 Å². The van der Waals surface area contributed by atoms with Crippen molar-refractivity contribution in [2.75, 3.05) is 0 Å². The minimum absolute atomic E-state index is 0.0277. The number of phenolic OH excluding ortho intramolecular Hbond substituents is 1. The molecule has 0 aromatic heterocycles. The summed E-state index contributed by atoms with van der Waals surface area (Å²) in [5.41, 5.74) is 1.41. The summed E-state index contributed by atoms with van der Waals surface area (Å²) in [6.45, 7) is 3.60. The molecule has 0 bridgehead atoms. The molecule has 0 radical (unpaired) electrons. The van der Waals surface area contributed by atoms with Crippen LogP contribution in [-0.4, -0.2) is 38.5 Å². The summed E-state index contributed by atoms with van der Waals surface area (Å²) in [7, 11) is 0. The van der Waals surface area contributed by atoms with Crippen LogP contribution in [0.25, 0.3) is 0 Å². The number of aliphatic hydroxyl groups excluding tert-OH is 1. The number of phenols is 1. The van der Waals surface area contributed by atoms with Crippen molar-refractivity contribution in [2.24, 2.45) is 0 Å². The number of hydrogen-bond donors (Lipinski definition) is 4. The first kappa shape index (κ1) is 22.2. The van der Waals surface area contributed by atoms with Gasteiger partial charge in [0.2, 0.25) is 0 Å². The predicted octanol–water partition coefficient (Wildman–Crippen LogP) is 3.88. The van der Waals surface area contributed by atoms with Crippen molar-refractivity contribution in [3.63, 3.8) is 0 Å². The fraction of sp³-hybridized carbons (Fsp3) is 0.333. The van der Waals surface area contributed by atoms with Crippen LogP contribution in [-0.2, 0) is 6.42 Å². The molecule has 0 saturated heterocycles. The zero-order chi connectivity index (χ0) is 20.4. The summed E-state index contributed by atoms with van der Waals surface area (Å²) in [4.78, 5) is 21.2. The van der Waals surface area contributed by atoms with Gasteiger partial charge in [-0.15, -0.1) is 0 Å². The van der Waals surface area contributed by atoms with Crippen molar-refractivity contribution in [2.45, 2.75) is 45.6 Å². The van der Waals surface area contributed by atoms with Gasteiger partial charge >= 0.3 is 11.9 Å². The van der Waals surface area contributed by atoms with Crippen LogP contribution in [0, 0.1) is 6.92 Å². The Morgan fingerprint density at radius 3 is 1.93 bits per heavy atom. The van der Waals surface area contributed by atoms with Gasteiger partial charge in [-0.25, -0.2) is 9.59 Å². The second-order valence-electron chi connectivity index (χ2n) is 6.26. The van der Waals surface area contributed by atoms with Gasteiger partial charge in [-0.3, -0.25) is 0 Å². The normalized spacial score (nSPS) is 11.2. The van der Waals surface area contributed by atoms with E-state index in [0.29, 0.717) is 6.42 Å². The van der Waals surface area contributed by atoms with Crippen LogP contribution in [0.1, 0.15) is 58.0 Å². The number of carboxylic acid groups (broad SMARTS) is 2. The molecule has 1 unspecified atom stereocenters. The second kappa shape index (κ2) is 11.0. The van der Waals surface area contributed by atoms with Gasteiger partial charge in [0.05, 0.1) is 17.2 Å². The van der Waals surface area contributed by atoms with E-state index in [0.717, 1.165) is 24.8 Å². The number of aromatic hydroxyl groups is 1. The molecule has 0 fully saturated rings. The van der Waals surface area contributed by atoms with Gasteiger partial charge in [-0.2, -0.15) is 0 Å². The topological polar surface area (TPSA) is 115 Å². The van der Waals surface area contributed by atoms with Crippen LogP contribution in [0.15, 0.2) is 42.5 Å². The monoisotopic (exact) mass is 374 g/mol. The first-order valence-corrected chi connectivity index (χ1v) is 8.78. The van der Waals surface area contributed by atoms with E-state index in [2.05, 4.69) is 6.92 Å². The molecule has 6 nitrogen and oxygen atoms in total. The molecule has 2 rings (SSSR count). The number of carbonyl (C=O) groups is 2. The molecule has 146 valence electrons. The Balaban J connectivity index is 0.000000271. The van der Waals surface area contributed by atoms with Crippen LogP contribution in [0.3, 0.4) is 0 Å². The molecule has 27 heavy (non-hydrogen) atoms. The lowest BCUT2D eigenvalue weighted by atomic mass is 10.0. The number of unbranched alkanes of at least 4 members (excludes halogenated alkanes) is 1. The Labute approximate surface area is 158 Å². The van der Waals surface area contributed by atoms with E-state index in [1.165, 1.54) is 25.1 Å². The largest absolute Gasteiger partial charge is 0.508 e. The smallest absolute Gasteiger partial charge is 0.335 e. The fourth-order valence-corrected chi connectivity index (χ4v) is 2.54. The Bertz CT molecular complexity index is 720. The summed E-state index contributed by atoms with van der Waals surface area (Å²) >= 11 is 0. The summed E-state index contributed by atoms with van der Waals surface area (Å²) in [5, 5.41) is 36.1. The maximum Gasteiger partial charge on any atom is 0.335 e. The third-order valence-electron chi connectivity index (χ3n) is 4.09. The minimum Gasteiger partial charge on any atom is -0.508 e. The van der Waals surface area contributed by atoms with Crippen molar-refractivity contribution in [1.29, 1.82) is 0 Å². The van der Waals surface area contributed by atoms with E-state index < -0.39 is 11.9 Å². The van der Waals surface area contributed by atoms with E-state index >= 15 is 0 Å². The molecular formula is C21H26O6. The summed E-state index contributed by atoms with van der Waals surface area (Å²) < 4.78 is 0. The van der Waals surface area contributed by atoms with Crippen molar-refractivity contribution < 1.29 is 30.0 Å². The standard InChI is InChI=1S/C12H18O2.C9H8O4/c1-2-3-4-12(14)9-10-5-7-11(13)8-6-10;1-5-6(8(10)11)3-2-4-7(5)9(12)13/h5-8,12-14H,2-4,9H2,1H3;2-4H,1H3,(H,10,11)(H,12,13). The highest BCUT2D eigenvalue weighted by Crippen LogP contribution is 2.14. The summed E-state index contributed by atoms with van der Waals surface area (Å²) in [6.07, 6.45) is 3.48. The Morgan fingerprint density at radius 2 is 1.48 bits per heavy atom. The zero-order valence-electron chi connectivity index (χ0n) is 15.6. The quantitative estimate of drug-likeness (QED) is 0.585. The third-order valence-corrected chi connectivity index (χ3v) is 4.09. The molecule has 0 aliphatic rings. The molecule has 2 aromatic rings. The highest BCUT2D eigenvalue weighted by Gasteiger charge is 2.13. The SMILES string of the molecule is CCCCC(O)Cc1ccc(O)cc1.Cc1c(C(=O)O)cccc1C(=O)O. The van der Waals surface area contributed by atoms with Crippen molar-refractivity contribution in [3.8, 4) is 5.75 Å². The van der Waals surface area contributed by atoms with Gasteiger partial charge < -0.3 is 20.4 Å². The molecule has 0 aliphatic heterocycles. The Kier molecular flexibility index (Phi) is 9.02.